The molecule has 0 aliphatic carbocycles. The summed E-state index contributed by atoms with van der Waals surface area (Å²) in [5.74, 6) is -1.52. The average molecular weight is 301 g/mol. The molecular weight excluding hydrogens is 274 g/mol. The van der Waals surface area contributed by atoms with E-state index in [1.807, 2.05) is 20.8 Å². The summed E-state index contributed by atoms with van der Waals surface area (Å²) in [5.41, 5.74) is 0. The van der Waals surface area contributed by atoms with Crippen molar-refractivity contribution in [2.45, 2.75) is 59.0 Å². The van der Waals surface area contributed by atoms with Gasteiger partial charge in [-0.25, -0.2) is 4.79 Å². The molecule has 3 amide bonds. The first-order chi connectivity index (χ1) is 9.72. The van der Waals surface area contributed by atoms with E-state index in [-0.39, 0.29) is 30.5 Å². The van der Waals surface area contributed by atoms with Crippen molar-refractivity contribution in [1.29, 1.82) is 0 Å². The Balaban J connectivity index is 3.77. The number of carbonyl (C=O) groups excluding carboxylic acids is 2. The van der Waals surface area contributed by atoms with Gasteiger partial charge >= 0.3 is 12.0 Å². The van der Waals surface area contributed by atoms with Gasteiger partial charge in [-0.15, -0.1) is 0 Å². The molecule has 0 aliphatic rings. The van der Waals surface area contributed by atoms with Gasteiger partial charge < -0.3 is 15.7 Å². The molecule has 0 aliphatic heterocycles. The fourth-order valence-corrected chi connectivity index (χ4v) is 1.69. The summed E-state index contributed by atoms with van der Waals surface area (Å²) in [4.78, 5) is 33.5. The molecule has 0 spiro atoms. The molecule has 2 unspecified atom stereocenters. The Kier molecular flexibility index (Phi) is 9.36. The van der Waals surface area contributed by atoms with E-state index in [9.17, 15) is 14.4 Å². The van der Waals surface area contributed by atoms with Gasteiger partial charge in [-0.3, -0.25) is 14.9 Å². The normalized spacial score (nSPS) is 13.6. The number of rotatable bonds is 9. The maximum atomic E-state index is 11.5. The van der Waals surface area contributed by atoms with Crippen molar-refractivity contribution in [3.05, 3.63) is 0 Å². The molecule has 0 aromatic heterocycles. The van der Waals surface area contributed by atoms with Crippen molar-refractivity contribution in [3.63, 3.8) is 0 Å². The van der Waals surface area contributed by atoms with Crippen LogP contribution in [0.25, 0.3) is 0 Å². The molecule has 0 heterocycles. The number of imide groups is 1. The maximum Gasteiger partial charge on any atom is 0.321 e. The first kappa shape index (κ1) is 19.4. The third-order valence-corrected chi connectivity index (χ3v) is 2.98. The lowest BCUT2D eigenvalue weighted by Crippen LogP contribution is -2.46. The summed E-state index contributed by atoms with van der Waals surface area (Å²) >= 11 is 0. The highest BCUT2D eigenvalue weighted by molar-refractivity contribution is 5.95. The lowest BCUT2D eigenvalue weighted by Gasteiger charge is -2.14. The van der Waals surface area contributed by atoms with Gasteiger partial charge in [0.05, 0.1) is 12.5 Å². The van der Waals surface area contributed by atoms with Crippen LogP contribution < -0.4 is 16.0 Å². The second-order valence-electron chi connectivity index (χ2n) is 5.63. The number of carboxylic acids is 1. The fourth-order valence-electron chi connectivity index (χ4n) is 1.69. The molecule has 0 bridgehead atoms. The SMILES string of the molecule is CC(C)NC(=O)NC(=O)CNC(C)CCCC(C)C(=O)O. The summed E-state index contributed by atoms with van der Waals surface area (Å²) in [6, 6.07) is -0.439. The van der Waals surface area contributed by atoms with Gasteiger partial charge in [-0.1, -0.05) is 13.3 Å². The van der Waals surface area contributed by atoms with Crippen molar-refractivity contribution in [2.24, 2.45) is 5.92 Å². The van der Waals surface area contributed by atoms with Crippen molar-refractivity contribution < 1.29 is 19.5 Å². The first-order valence-electron chi connectivity index (χ1n) is 7.29. The standard InChI is InChI=1S/C14H27N3O4/c1-9(2)16-14(21)17-12(18)8-15-11(4)7-5-6-10(3)13(19)20/h9-11,15H,5-8H2,1-4H3,(H,19,20)(H2,16,17,18,21). The molecule has 0 radical (unpaired) electrons. The Morgan fingerprint density at radius 1 is 1.05 bits per heavy atom. The summed E-state index contributed by atoms with van der Waals surface area (Å²) in [5, 5.41) is 16.6. The Morgan fingerprint density at radius 3 is 2.19 bits per heavy atom. The van der Waals surface area contributed by atoms with Crippen LogP contribution in [-0.2, 0) is 9.59 Å². The van der Waals surface area contributed by atoms with E-state index in [0.29, 0.717) is 6.42 Å². The minimum Gasteiger partial charge on any atom is -0.481 e. The molecule has 7 heteroatoms. The lowest BCUT2D eigenvalue weighted by atomic mass is 10.0. The molecular formula is C14H27N3O4. The Morgan fingerprint density at radius 2 is 1.67 bits per heavy atom. The van der Waals surface area contributed by atoms with E-state index in [4.69, 9.17) is 5.11 Å². The fraction of sp³-hybridized carbons (Fsp3) is 0.786. The van der Waals surface area contributed by atoms with Crippen LogP contribution in [0.3, 0.4) is 0 Å². The van der Waals surface area contributed by atoms with Gasteiger partial charge in [-0.2, -0.15) is 0 Å². The molecule has 0 aromatic carbocycles. The molecule has 122 valence electrons. The highest BCUT2D eigenvalue weighted by Crippen LogP contribution is 2.09. The van der Waals surface area contributed by atoms with Crippen molar-refractivity contribution in [3.8, 4) is 0 Å². The lowest BCUT2D eigenvalue weighted by molar-refractivity contribution is -0.141. The smallest absolute Gasteiger partial charge is 0.321 e. The van der Waals surface area contributed by atoms with Gasteiger partial charge in [0.2, 0.25) is 5.91 Å². The van der Waals surface area contributed by atoms with Crippen molar-refractivity contribution >= 4 is 17.9 Å². The van der Waals surface area contributed by atoms with E-state index in [0.717, 1.165) is 12.8 Å². The van der Waals surface area contributed by atoms with Crippen molar-refractivity contribution in [1.82, 2.24) is 16.0 Å². The number of hydrogen-bond acceptors (Lipinski definition) is 4. The largest absolute Gasteiger partial charge is 0.481 e. The van der Waals surface area contributed by atoms with Crippen LogP contribution in [0.15, 0.2) is 0 Å². The molecule has 0 saturated carbocycles. The van der Waals surface area contributed by atoms with Crippen LogP contribution in [0.5, 0.6) is 0 Å². The minimum atomic E-state index is -0.786. The number of carbonyl (C=O) groups is 3. The summed E-state index contributed by atoms with van der Waals surface area (Å²) < 4.78 is 0. The van der Waals surface area contributed by atoms with E-state index in [2.05, 4.69) is 16.0 Å². The summed E-state index contributed by atoms with van der Waals surface area (Å²) in [6.07, 6.45) is 2.17. The summed E-state index contributed by atoms with van der Waals surface area (Å²) in [6.45, 7) is 7.28. The average Bonchev–Trinajstić information content (AvgIpc) is 2.34. The number of carboxylic acid groups (broad SMARTS) is 1. The minimum absolute atomic E-state index is 0.0269. The van der Waals surface area contributed by atoms with Gasteiger partial charge in [0.15, 0.2) is 0 Å². The highest BCUT2D eigenvalue weighted by atomic mass is 16.4. The van der Waals surface area contributed by atoms with Crippen LogP contribution in [0.2, 0.25) is 0 Å². The van der Waals surface area contributed by atoms with Crippen LogP contribution >= 0.6 is 0 Å². The molecule has 0 saturated heterocycles. The highest BCUT2D eigenvalue weighted by Gasteiger charge is 2.12. The monoisotopic (exact) mass is 301 g/mol. The predicted octanol–water partition coefficient (Wildman–Crippen LogP) is 1.09. The number of amides is 3. The summed E-state index contributed by atoms with van der Waals surface area (Å²) in [7, 11) is 0. The Labute approximate surface area is 125 Å². The first-order valence-corrected chi connectivity index (χ1v) is 7.29. The van der Waals surface area contributed by atoms with Gasteiger partial charge in [-0.05, 0) is 33.6 Å². The van der Waals surface area contributed by atoms with E-state index >= 15 is 0 Å². The van der Waals surface area contributed by atoms with Crippen LogP contribution in [0.1, 0.15) is 47.0 Å². The van der Waals surface area contributed by atoms with Gasteiger partial charge in [0.25, 0.3) is 0 Å². The molecule has 4 N–H and O–H groups in total. The Bertz CT molecular complexity index is 358. The number of urea groups is 1. The molecule has 21 heavy (non-hydrogen) atoms. The molecule has 0 fully saturated rings. The predicted molar refractivity (Wildman–Crippen MR) is 79.9 cm³/mol. The van der Waals surface area contributed by atoms with Gasteiger partial charge in [0.1, 0.15) is 0 Å². The topological polar surface area (TPSA) is 108 Å². The second kappa shape index (κ2) is 10.1. The molecule has 0 aromatic rings. The maximum absolute atomic E-state index is 11.5. The molecule has 0 rings (SSSR count). The number of hydrogen-bond donors (Lipinski definition) is 4. The van der Waals surface area contributed by atoms with E-state index < -0.39 is 12.0 Å². The van der Waals surface area contributed by atoms with Gasteiger partial charge in [0, 0.05) is 12.1 Å². The quantitative estimate of drug-likeness (QED) is 0.510. The van der Waals surface area contributed by atoms with Crippen LogP contribution in [0.4, 0.5) is 4.79 Å². The molecule has 2 atom stereocenters. The zero-order chi connectivity index (χ0) is 16.4. The zero-order valence-electron chi connectivity index (χ0n) is 13.2. The third-order valence-electron chi connectivity index (χ3n) is 2.98. The van der Waals surface area contributed by atoms with Crippen LogP contribution in [-0.4, -0.2) is 41.6 Å². The van der Waals surface area contributed by atoms with Crippen LogP contribution in [0, 0.1) is 5.92 Å². The third kappa shape index (κ3) is 10.8. The number of nitrogens with one attached hydrogen (secondary N) is 3. The number of aliphatic carboxylic acids is 1. The second-order valence-corrected chi connectivity index (χ2v) is 5.63. The zero-order valence-corrected chi connectivity index (χ0v) is 13.2. The molecule has 7 nitrogen and oxygen atoms in total. The van der Waals surface area contributed by atoms with E-state index in [1.165, 1.54) is 0 Å². The van der Waals surface area contributed by atoms with Crippen molar-refractivity contribution in [2.75, 3.05) is 6.54 Å². The Hall–Kier alpha value is -1.63. The van der Waals surface area contributed by atoms with E-state index in [1.54, 1.807) is 6.92 Å².